The third kappa shape index (κ3) is 3.38. The maximum atomic E-state index is 12.2. The van der Waals surface area contributed by atoms with Gasteiger partial charge in [0, 0.05) is 0 Å². The van der Waals surface area contributed by atoms with Crippen molar-refractivity contribution in [3.63, 3.8) is 0 Å². The fraction of sp³-hybridized carbons (Fsp3) is 0. The number of aromatic nitrogens is 1. The Morgan fingerprint density at radius 1 is 1.04 bits per heavy atom. The van der Waals surface area contributed by atoms with Crippen LogP contribution in [0.1, 0.15) is 5.01 Å². The molecule has 1 heterocycles. The maximum Gasteiger partial charge on any atom is 0.358 e. The summed E-state index contributed by atoms with van der Waals surface area (Å²) in [7, 11) is -4.10. The highest BCUT2D eigenvalue weighted by Gasteiger charge is 2.17. The average molecular weight is 393 g/mol. The quantitative estimate of drug-likeness (QED) is 0.385. The highest BCUT2D eigenvalue weighted by Crippen LogP contribution is 2.28. The van der Waals surface area contributed by atoms with Crippen LogP contribution in [0.25, 0.3) is 21.0 Å². The van der Waals surface area contributed by atoms with Crippen molar-refractivity contribution >= 4 is 48.2 Å². The lowest BCUT2D eigenvalue weighted by atomic mass is 10.1. The van der Waals surface area contributed by atoms with Gasteiger partial charge in [-0.25, -0.2) is 4.98 Å². The number of nitrogens with zero attached hydrogens (tertiary/aromatic N) is 3. The van der Waals surface area contributed by atoms with Gasteiger partial charge in [0.15, 0.2) is 5.01 Å². The Bertz CT molecular complexity index is 1270. The van der Waals surface area contributed by atoms with Crippen molar-refractivity contribution in [3.05, 3.63) is 71.7 Å². The lowest BCUT2D eigenvalue weighted by Gasteiger charge is -2.00. The zero-order chi connectivity index (χ0) is 18.9. The molecule has 0 saturated heterocycles. The minimum Gasteiger partial charge on any atom is -0.263 e. The summed E-state index contributed by atoms with van der Waals surface area (Å²) in [5.41, 5.74) is 0.516. The zero-order valence-corrected chi connectivity index (χ0v) is 15.4. The molecule has 1 aromatic heterocycles. The summed E-state index contributed by atoms with van der Waals surface area (Å²) in [6.07, 6.45) is 0. The minimum absolute atomic E-state index is 0.0402. The summed E-state index contributed by atoms with van der Waals surface area (Å²) in [5.74, 6) is 0. The van der Waals surface area contributed by atoms with E-state index in [0.717, 1.165) is 15.5 Å². The van der Waals surface area contributed by atoms with Gasteiger partial charge in [-0.05, 0) is 35.0 Å². The molecule has 4 rings (SSSR count). The summed E-state index contributed by atoms with van der Waals surface area (Å²) in [6, 6.07) is 21.2. The van der Waals surface area contributed by atoms with Gasteiger partial charge < -0.3 is 0 Å². The summed E-state index contributed by atoms with van der Waals surface area (Å²) in [4.78, 5) is 4.36. The van der Waals surface area contributed by atoms with Crippen LogP contribution in [0.15, 0.2) is 76.8 Å². The van der Waals surface area contributed by atoms with Crippen molar-refractivity contribution in [2.75, 3.05) is 0 Å². The van der Waals surface area contributed by atoms with Crippen molar-refractivity contribution in [2.45, 2.75) is 4.90 Å². The predicted molar refractivity (Wildman–Crippen MR) is 104 cm³/mol. The second-order valence-corrected chi connectivity index (χ2v) is 8.14. The van der Waals surface area contributed by atoms with Gasteiger partial charge >= 0.3 is 10.1 Å². The first kappa shape index (κ1) is 17.1. The molecule has 0 N–H and O–H groups in total. The fourth-order valence-corrected chi connectivity index (χ4v) is 4.21. The van der Waals surface area contributed by atoms with Crippen LogP contribution in [-0.4, -0.2) is 19.1 Å². The lowest BCUT2D eigenvalue weighted by Crippen LogP contribution is -2.05. The molecule has 0 saturated carbocycles. The van der Waals surface area contributed by atoms with E-state index >= 15 is 0 Å². The van der Waals surface area contributed by atoms with E-state index in [1.165, 1.54) is 23.5 Å². The van der Waals surface area contributed by atoms with Crippen molar-refractivity contribution in [2.24, 2.45) is 5.16 Å². The molecule has 8 heteroatoms. The van der Waals surface area contributed by atoms with Crippen LogP contribution in [0, 0.1) is 11.3 Å². The van der Waals surface area contributed by atoms with Crippen molar-refractivity contribution in [1.29, 1.82) is 5.26 Å². The lowest BCUT2D eigenvalue weighted by molar-refractivity contribution is 0.339. The third-order valence-corrected chi connectivity index (χ3v) is 5.97. The number of fused-ring (bicyclic) bond motifs is 2. The Hall–Kier alpha value is -3.28. The molecule has 0 amide bonds. The molecule has 0 spiro atoms. The van der Waals surface area contributed by atoms with E-state index in [1.54, 1.807) is 18.2 Å². The van der Waals surface area contributed by atoms with E-state index < -0.39 is 10.1 Å². The molecular formula is C19H11N3O3S2. The van der Waals surface area contributed by atoms with Crippen LogP contribution in [0.5, 0.6) is 0 Å². The summed E-state index contributed by atoms with van der Waals surface area (Å²) < 4.78 is 29.9. The van der Waals surface area contributed by atoms with Crippen molar-refractivity contribution in [1.82, 2.24) is 4.98 Å². The number of hydrogen-bond acceptors (Lipinski definition) is 7. The molecule has 6 nitrogen and oxygen atoms in total. The van der Waals surface area contributed by atoms with Crippen molar-refractivity contribution < 1.29 is 12.7 Å². The largest absolute Gasteiger partial charge is 0.358 e. The average Bonchev–Trinajstić information content (AvgIpc) is 3.09. The van der Waals surface area contributed by atoms with Crippen LogP contribution in [0.2, 0.25) is 0 Å². The molecule has 0 unspecified atom stereocenters. The van der Waals surface area contributed by atoms with Gasteiger partial charge in [0.1, 0.15) is 11.0 Å². The maximum absolute atomic E-state index is 12.2. The first-order chi connectivity index (χ1) is 13.1. The van der Waals surface area contributed by atoms with E-state index in [9.17, 15) is 13.7 Å². The zero-order valence-electron chi connectivity index (χ0n) is 13.7. The summed E-state index contributed by atoms with van der Waals surface area (Å²) in [5, 5.41) is 15.3. The monoisotopic (exact) mass is 393 g/mol. The van der Waals surface area contributed by atoms with Gasteiger partial charge in [0.05, 0.1) is 10.2 Å². The van der Waals surface area contributed by atoms with Gasteiger partial charge in [-0.1, -0.05) is 47.6 Å². The number of rotatable bonds is 4. The molecule has 0 fully saturated rings. The van der Waals surface area contributed by atoms with E-state index in [2.05, 4.69) is 10.1 Å². The van der Waals surface area contributed by atoms with Gasteiger partial charge in [0.25, 0.3) is 0 Å². The Balaban J connectivity index is 1.71. The van der Waals surface area contributed by atoms with Gasteiger partial charge in [0.2, 0.25) is 5.71 Å². The van der Waals surface area contributed by atoms with Gasteiger partial charge in [-0.2, -0.15) is 13.7 Å². The number of nitriles is 1. The highest BCUT2D eigenvalue weighted by atomic mass is 32.2. The van der Waals surface area contributed by atoms with Gasteiger partial charge in [-0.15, -0.1) is 11.3 Å². The number of thiazole rings is 1. The third-order valence-electron chi connectivity index (χ3n) is 3.82. The standard InChI is InChI=1S/C19H11N3O3S2/c20-12-17(22-25-27(23,24)15-8-2-1-3-9-15)19-21-16-10-13-6-4-5-7-14(13)11-18(16)26-19/h1-11H. The molecule has 0 aliphatic carbocycles. The highest BCUT2D eigenvalue weighted by molar-refractivity contribution is 7.86. The minimum atomic E-state index is -4.10. The first-order valence-electron chi connectivity index (χ1n) is 7.83. The molecule has 0 atom stereocenters. The van der Waals surface area contributed by atoms with E-state index in [0.29, 0.717) is 10.5 Å². The topological polar surface area (TPSA) is 92.4 Å². The number of hydrogen-bond donors (Lipinski definition) is 0. The molecule has 0 radical (unpaired) electrons. The van der Waals surface area contributed by atoms with E-state index in [-0.39, 0.29) is 10.6 Å². The Kier molecular flexibility index (Phi) is 4.32. The molecule has 3 aromatic carbocycles. The summed E-state index contributed by atoms with van der Waals surface area (Å²) >= 11 is 1.25. The molecule has 0 bridgehead atoms. The second-order valence-electron chi connectivity index (χ2n) is 5.58. The Labute approximate surface area is 159 Å². The van der Waals surface area contributed by atoms with Crippen LogP contribution in [0.3, 0.4) is 0 Å². The molecule has 0 aliphatic rings. The Morgan fingerprint density at radius 3 is 2.41 bits per heavy atom. The van der Waals surface area contributed by atoms with E-state index in [4.69, 9.17) is 4.28 Å². The van der Waals surface area contributed by atoms with Crippen LogP contribution in [0.4, 0.5) is 0 Å². The molecule has 4 aromatic rings. The Morgan fingerprint density at radius 2 is 1.70 bits per heavy atom. The van der Waals surface area contributed by atoms with Crippen molar-refractivity contribution in [3.8, 4) is 6.07 Å². The number of oxime groups is 1. The first-order valence-corrected chi connectivity index (χ1v) is 10.1. The molecule has 27 heavy (non-hydrogen) atoms. The second kappa shape index (κ2) is 6.79. The molecular weight excluding hydrogens is 382 g/mol. The van der Waals surface area contributed by atoms with E-state index in [1.807, 2.05) is 42.5 Å². The predicted octanol–water partition coefficient (Wildman–Crippen LogP) is 4.08. The molecule has 132 valence electrons. The van der Waals surface area contributed by atoms with Gasteiger partial charge in [-0.3, -0.25) is 4.28 Å². The SMILES string of the molecule is N#CC(=NOS(=O)(=O)c1ccccc1)c1nc2cc3ccccc3cc2s1. The van der Waals surface area contributed by atoms with Crippen LogP contribution in [-0.2, 0) is 14.4 Å². The number of benzene rings is 3. The summed E-state index contributed by atoms with van der Waals surface area (Å²) in [6.45, 7) is 0. The normalized spacial score (nSPS) is 12.2. The molecule has 0 aliphatic heterocycles. The van der Waals surface area contributed by atoms with Crippen LogP contribution < -0.4 is 0 Å². The fourth-order valence-electron chi connectivity index (χ4n) is 2.54. The smallest absolute Gasteiger partial charge is 0.263 e. The van der Waals surface area contributed by atoms with Crippen LogP contribution >= 0.6 is 11.3 Å².